The van der Waals surface area contributed by atoms with Gasteiger partial charge in [-0.3, -0.25) is 4.90 Å². The van der Waals surface area contributed by atoms with E-state index in [4.69, 9.17) is 10.5 Å². The molecule has 4 heteroatoms. The van der Waals surface area contributed by atoms with Gasteiger partial charge in [-0.15, -0.1) is 0 Å². The van der Waals surface area contributed by atoms with Gasteiger partial charge in [-0.1, -0.05) is 6.07 Å². The van der Waals surface area contributed by atoms with E-state index in [2.05, 4.69) is 11.8 Å². The molecule has 1 aliphatic rings. The second-order valence-electron chi connectivity index (χ2n) is 5.64. The number of rotatable bonds is 4. The number of likely N-dealkylation sites (tertiary alicyclic amines) is 1. The van der Waals surface area contributed by atoms with Crippen LogP contribution in [0.5, 0.6) is 0 Å². The molecule has 0 saturated carbocycles. The van der Waals surface area contributed by atoms with Crippen molar-refractivity contribution in [2.75, 3.05) is 20.2 Å². The molecule has 0 amide bonds. The smallest absolute Gasteiger partial charge is 0.123 e. The van der Waals surface area contributed by atoms with Crippen LogP contribution in [-0.2, 0) is 17.8 Å². The number of nitrogens with zero attached hydrogens (tertiary/aromatic N) is 1. The van der Waals surface area contributed by atoms with Crippen LogP contribution in [0.4, 0.5) is 4.39 Å². The van der Waals surface area contributed by atoms with Gasteiger partial charge in [0, 0.05) is 26.7 Å². The van der Waals surface area contributed by atoms with Crippen LogP contribution < -0.4 is 5.73 Å². The number of hydrogen-bond donors (Lipinski definition) is 1. The molecule has 1 unspecified atom stereocenters. The molecule has 106 valence electrons. The van der Waals surface area contributed by atoms with Crippen LogP contribution in [0.25, 0.3) is 0 Å². The summed E-state index contributed by atoms with van der Waals surface area (Å²) in [6.45, 7) is 5.19. The summed E-state index contributed by atoms with van der Waals surface area (Å²) in [5.41, 5.74) is 7.34. The van der Waals surface area contributed by atoms with Gasteiger partial charge in [0.05, 0.1) is 5.60 Å². The molecule has 2 N–H and O–H groups in total. The predicted molar refractivity (Wildman–Crippen MR) is 74.2 cm³/mol. The van der Waals surface area contributed by atoms with Crippen molar-refractivity contribution >= 4 is 0 Å². The Balaban J connectivity index is 2.06. The molecular formula is C15H23FN2O. The van der Waals surface area contributed by atoms with E-state index >= 15 is 0 Å². The first-order chi connectivity index (χ1) is 9.04. The summed E-state index contributed by atoms with van der Waals surface area (Å²) in [5.74, 6) is -0.204. The fourth-order valence-electron chi connectivity index (χ4n) is 2.79. The average Bonchev–Trinajstić information content (AvgIpc) is 2.38. The highest BCUT2D eigenvalue weighted by atomic mass is 19.1. The summed E-state index contributed by atoms with van der Waals surface area (Å²) in [7, 11) is 1.76. The van der Waals surface area contributed by atoms with Crippen LogP contribution in [0.3, 0.4) is 0 Å². The number of methoxy groups -OCH3 is 1. The molecule has 1 saturated heterocycles. The quantitative estimate of drug-likeness (QED) is 0.908. The minimum absolute atomic E-state index is 0.0811. The lowest BCUT2D eigenvalue weighted by Gasteiger charge is -2.39. The monoisotopic (exact) mass is 266 g/mol. The van der Waals surface area contributed by atoms with Crippen molar-refractivity contribution in [2.45, 2.75) is 38.5 Å². The Morgan fingerprint density at radius 1 is 1.37 bits per heavy atom. The van der Waals surface area contributed by atoms with E-state index in [1.54, 1.807) is 13.2 Å². The predicted octanol–water partition coefficient (Wildman–Crippen LogP) is 2.29. The Morgan fingerprint density at radius 3 is 2.79 bits per heavy atom. The molecule has 3 nitrogen and oxygen atoms in total. The standard InChI is InChI=1S/C15H23FN2O/c1-15(19-2)4-3-5-18(11-15)10-13-6-12(9-17)7-14(16)8-13/h6-8H,3-5,9-11,17H2,1-2H3. The van der Waals surface area contributed by atoms with Gasteiger partial charge >= 0.3 is 0 Å². The second-order valence-corrected chi connectivity index (χ2v) is 5.64. The van der Waals surface area contributed by atoms with Gasteiger partial charge in [-0.2, -0.15) is 0 Å². The molecule has 0 aromatic heterocycles. The largest absolute Gasteiger partial charge is 0.377 e. The Bertz CT molecular complexity index is 438. The normalized spacial score (nSPS) is 24.6. The average molecular weight is 266 g/mol. The Morgan fingerprint density at radius 2 is 2.11 bits per heavy atom. The van der Waals surface area contributed by atoms with E-state index in [1.807, 2.05) is 6.07 Å². The number of benzene rings is 1. The van der Waals surface area contributed by atoms with Crippen molar-refractivity contribution in [3.05, 3.63) is 35.1 Å². The third kappa shape index (κ3) is 3.75. The van der Waals surface area contributed by atoms with Gasteiger partial charge in [-0.05, 0) is 49.6 Å². The number of nitrogens with two attached hydrogens (primary N) is 1. The lowest BCUT2D eigenvalue weighted by atomic mass is 9.94. The maximum Gasteiger partial charge on any atom is 0.123 e. The van der Waals surface area contributed by atoms with Crippen LogP contribution in [-0.4, -0.2) is 30.7 Å². The zero-order chi connectivity index (χ0) is 13.9. The first-order valence-electron chi connectivity index (χ1n) is 6.80. The van der Waals surface area contributed by atoms with Crippen LogP contribution >= 0.6 is 0 Å². The van der Waals surface area contributed by atoms with Crippen LogP contribution in [0, 0.1) is 5.82 Å². The molecule has 1 heterocycles. The lowest BCUT2D eigenvalue weighted by molar-refractivity contribution is -0.0527. The van der Waals surface area contributed by atoms with Crippen LogP contribution in [0.2, 0.25) is 0 Å². The van der Waals surface area contributed by atoms with Crippen molar-refractivity contribution in [1.82, 2.24) is 4.90 Å². The number of piperidine rings is 1. The SMILES string of the molecule is COC1(C)CCCN(Cc2cc(F)cc(CN)c2)C1. The summed E-state index contributed by atoms with van der Waals surface area (Å²) in [6.07, 6.45) is 2.20. The van der Waals surface area contributed by atoms with E-state index in [-0.39, 0.29) is 11.4 Å². The Hall–Kier alpha value is -0.970. The molecule has 0 spiro atoms. The van der Waals surface area contributed by atoms with E-state index in [0.717, 1.165) is 43.6 Å². The maximum atomic E-state index is 13.5. The third-order valence-electron chi connectivity index (χ3n) is 3.89. The Labute approximate surface area is 114 Å². The van der Waals surface area contributed by atoms with Crippen molar-refractivity contribution in [1.29, 1.82) is 0 Å². The number of ether oxygens (including phenoxy) is 1. The summed E-state index contributed by atoms with van der Waals surface area (Å²) in [4.78, 5) is 2.32. The summed E-state index contributed by atoms with van der Waals surface area (Å²) in [6, 6.07) is 5.08. The summed E-state index contributed by atoms with van der Waals surface area (Å²) in [5, 5.41) is 0. The second kappa shape index (κ2) is 5.99. The molecule has 0 radical (unpaired) electrons. The zero-order valence-corrected chi connectivity index (χ0v) is 11.8. The minimum atomic E-state index is -0.204. The van der Waals surface area contributed by atoms with Gasteiger partial charge in [0.15, 0.2) is 0 Å². The fourth-order valence-corrected chi connectivity index (χ4v) is 2.79. The number of halogens is 1. The fraction of sp³-hybridized carbons (Fsp3) is 0.600. The molecule has 0 bridgehead atoms. The van der Waals surface area contributed by atoms with E-state index in [0.29, 0.717) is 6.54 Å². The van der Waals surface area contributed by atoms with Gasteiger partial charge in [0.1, 0.15) is 5.82 Å². The maximum absolute atomic E-state index is 13.5. The summed E-state index contributed by atoms with van der Waals surface area (Å²) >= 11 is 0. The third-order valence-corrected chi connectivity index (χ3v) is 3.89. The highest BCUT2D eigenvalue weighted by Crippen LogP contribution is 2.25. The van der Waals surface area contributed by atoms with Gasteiger partial charge in [0.25, 0.3) is 0 Å². The summed E-state index contributed by atoms with van der Waals surface area (Å²) < 4.78 is 19.1. The van der Waals surface area contributed by atoms with Crippen LogP contribution in [0.1, 0.15) is 30.9 Å². The van der Waals surface area contributed by atoms with Crippen LogP contribution in [0.15, 0.2) is 18.2 Å². The highest BCUT2D eigenvalue weighted by molar-refractivity contribution is 5.24. The molecule has 1 aliphatic heterocycles. The molecule has 1 aromatic rings. The Kier molecular flexibility index (Phi) is 4.55. The molecular weight excluding hydrogens is 243 g/mol. The molecule has 0 aliphatic carbocycles. The van der Waals surface area contributed by atoms with Gasteiger partial charge in [-0.25, -0.2) is 4.39 Å². The van der Waals surface area contributed by atoms with E-state index in [9.17, 15) is 4.39 Å². The first kappa shape index (κ1) is 14.4. The minimum Gasteiger partial charge on any atom is -0.377 e. The van der Waals surface area contributed by atoms with E-state index in [1.165, 1.54) is 6.07 Å². The molecule has 1 aromatic carbocycles. The first-order valence-corrected chi connectivity index (χ1v) is 6.80. The van der Waals surface area contributed by atoms with Crippen molar-refractivity contribution < 1.29 is 9.13 Å². The highest BCUT2D eigenvalue weighted by Gasteiger charge is 2.30. The molecule has 1 atom stereocenters. The van der Waals surface area contributed by atoms with Crippen molar-refractivity contribution in [2.24, 2.45) is 5.73 Å². The van der Waals surface area contributed by atoms with E-state index < -0.39 is 0 Å². The van der Waals surface area contributed by atoms with Gasteiger partial charge < -0.3 is 10.5 Å². The molecule has 2 rings (SSSR count). The lowest BCUT2D eigenvalue weighted by Crippen LogP contribution is -2.46. The van der Waals surface area contributed by atoms with Crippen molar-refractivity contribution in [3.8, 4) is 0 Å². The molecule has 19 heavy (non-hydrogen) atoms. The zero-order valence-electron chi connectivity index (χ0n) is 11.8. The topological polar surface area (TPSA) is 38.5 Å². The molecule has 1 fully saturated rings. The van der Waals surface area contributed by atoms with Crippen molar-refractivity contribution in [3.63, 3.8) is 0 Å². The number of hydrogen-bond acceptors (Lipinski definition) is 3. The van der Waals surface area contributed by atoms with Gasteiger partial charge in [0.2, 0.25) is 0 Å².